The summed E-state index contributed by atoms with van der Waals surface area (Å²) in [5.74, 6) is 1.11. The molecule has 21 heavy (non-hydrogen) atoms. The van der Waals surface area contributed by atoms with Gasteiger partial charge in [0.25, 0.3) is 5.91 Å². The van der Waals surface area contributed by atoms with Gasteiger partial charge in [0.15, 0.2) is 0 Å². The fourth-order valence-corrected chi connectivity index (χ4v) is 3.97. The second-order valence-corrected chi connectivity index (χ2v) is 6.01. The summed E-state index contributed by atoms with van der Waals surface area (Å²) >= 11 is 0. The molecule has 4 rings (SSSR count). The van der Waals surface area contributed by atoms with Crippen molar-refractivity contribution in [1.29, 1.82) is 0 Å². The number of carbonyl (C=O) groups excluding carboxylic acids is 1. The predicted octanol–water partition coefficient (Wildman–Crippen LogP) is 2.82. The number of carbonyl (C=O) groups is 1. The molecule has 1 aromatic carbocycles. The number of likely N-dealkylation sites (tertiary alicyclic amines) is 1. The van der Waals surface area contributed by atoms with Crippen LogP contribution in [0.4, 0.5) is 0 Å². The largest absolute Gasteiger partial charge is 0.485 e. The highest BCUT2D eigenvalue weighted by molar-refractivity contribution is 5.98. The summed E-state index contributed by atoms with van der Waals surface area (Å²) in [6, 6.07) is 8.16. The van der Waals surface area contributed by atoms with Gasteiger partial charge in [-0.3, -0.25) is 4.79 Å². The van der Waals surface area contributed by atoms with Crippen molar-refractivity contribution in [3.63, 3.8) is 0 Å². The lowest BCUT2D eigenvalue weighted by atomic mass is 9.65. The van der Waals surface area contributed by atoms with Crippen LogP contribution in [0.5, 0.6) is 5.75 Å². The molecule has 1 spiro atoms. The van der Waals surface area contributed by atoms with Gasteiger partial charge in [0, 0.05) is 24.2 Å². The van der Waals surface area contributed by atoms with Gasteiger partial charge in [-0.2, -0.15) is 0 Å². The van der Waals surface area contributed by atoms with Crippen LogP contribution in [0.2, 0.25) is 0 Å². The smallest absolute Gasteiger partial charge is 0.250 e. The fraction of sp³-hybridized carbons (Fsp3) is 0.389. The van der Waals surface area contributed by atoms with E-state index in [0.717, 1.165) is 37.3 Å². The molecule has 1 saturated heterocycles. The van der Waals surface area contributed by atoms with Gasteiger partial charge in [0.05, 0.1) is 5.41 Å². The van der Waals surface area contributed by atoms with Crippen LogP contribution in [0.1, 0.15) is 25.3 Å². The van der Waals surface area contributed by atoms with E-state index in [1.54, 1.807) is 0 Å². The molecule has 1 amide bonds. The van der Waals surface area contributed by atoms with Crippen molar-refractivity contribution in [3.8, 4) is 5.75 Å². The average Bonchev–Trinajstić information content (AvgIpc) is 2.84. The molecule has 3 aliphatic rings. The topological polar surface area (TPSA) is 29.5 Å². The molecule has 1 fully saturated rings. The van der Waals surface area contributed by atoms with E-state index in [2.05, 4.69) is 19.1 Å². The Labute approximate surface area is 124 Å². The van der Waals surface area contributed by atoms with Gasteiger partial charge in [0.2, 0.25) is 0 Å². The van der Waals surface area contributed by atoms with Crippen molar-refractivity contribution in [2.75, 3.05) is 13.1 Å². The Kier molecular flexibility index (Phi) is 2.71. The molecule has 1 aromatic rings. The zero-order valence-electron chi connectivity index (χ0n) is 12.2. The zero-order chi connectivity index (χ0) is 14.4. The van der Waals surface area contributed by atoms with E-state index >= 15 is 0 Å². The fourth-order valence-electron chi connectivity index (χ4n) is 3.97. The van der Waals surface area contributed by atoms with Gasteiger partial charge in [0.1, 0.15) is 11.9 Å². The van der Waals surface area contributed by atoms with E-state index in [0.29, 0.717) is 0 Å². The molecule has 0 radical (unpaired) electrons. The van der Waals surface area contributed by atoms with Crippen LogP contribution < -0.4 is 4.74 Å². The number of nitrogens with zero attached hydrogens (tertiary/aromatic N) is 1. The second kappa shape index (κ2) is 4.48. The first-order valence-electron chi connectivity index (χ1n) is 7.72. The second-order valence-electron chi connectivity index (χ2n) is 6.01. The third-order valence-electron chi connectivity index (χ3n) is 4.92. The summed E-state index contributed by atoms with van der Waals surface area (Å²) < 4.78 is 6.12. The molecule has 1 aliphatic carbocycles. The summed E-state index contributed by atoms with van der Waals surface area (Å²) in [6.07, 6.45) is 7.95. The maximum Gasteiger partial charge on any atom is 0.250 e. The van der Waals surface area contributed by atoms with E-state index in [9.17, 15) is 4.79 Å². The number of rotatable bonds is 2. The van der Waals surface area contributed by atoms with E-state index < -0.39 is 0 Å². The summed E-state index contributed by atoms with van der Waals surface area (Å²) in [7, 11) is 0. The molecule has 3 heteroatoms. The Hall–Kier alpha value is -2.03. The van der Waals surface area contributed by atoms with E-state index in [1.165, 1.54) is 5.56 Å². The quantitative estimate of drug-likeness (QED) is 0.834. The Balaban J connectivity index is 1.84. The highest BCUT2D eigenvalue weighted by atomic mass is 16.5. The van der Waals surface area contributed by atoms with Crippen molar-refractivity contribution in [1.82, 2.24) is 4.90 Å². The van der Waals surface area contributed by atoms with E-state index in [1.807, 2.05) is 35.3 Å². The molecule has 0 saturated carbocycles. The van der Waals surface area contributed by atoms with Crippen LogP contribution in [0.15, 0.2) is 48.1 Å². The number of fused-ring (bicyclic) bond motifs is 1. The third-order valence-corrected chi connectivity index (χ3v) is 4.92. The van der Waals surface area contributed by atoms with Crippen molar-refractivity contribution in [3.05, 3.63) is 53.6 Å². The van der Waals surface area contributed by atoms with Crippen molar-refractivity contribution in [2.45, 2.75) is 31.3 Å². The number of benzene rings is 1. The molecule has 0 aromatic heterocycles. The van der Waals surface area contributed by atoms with Crippen molar-refractivity contribution < 1.29 is 9.53 Å². The van der Waals surface area contributed by atoms with Crippen LogP contribution in [0, 0.1) is 0 Å². The molecule has 3 nitrogen and oxygen atoms in total. The normalized spacial score (nSPS) is 29.4. The number of para-hydroxylation sites is 1. The van der Waals surface area contributed by atoms with Crippen LogP contribution >= 0.6 is 0 Å². The number of hydrogen-bond donors (Lipinski definition) is 0. The monoisotopic (exact) mass is 281 g/mol. The molecule has 2 heterocycles. The lowest BCUT2D eigenvalue weighted by Crippen LogP contribution is -2.53. The number of allylic oxidation sites excluding steroid dienone is 2. The first kappa shape index (κ1) is 12.7. The highest BCUT2D eigenvalue weighted by Gasteiger charge is 2.55. The Bertz CT molecular complexity index is 661. The Morgan fingerprint density at radius 1 is 1.38 bits per heavy atom. The van der Waals surface area contributed by atoms with E-state index in [-0.39, 0.29) is 17.4 Å². The number of amides is 1. The maximum atomic E-state index is 12.9. The lowest BCUT2D eigenvalue weighted by molar-refractivity contribution is -0.130. The van der Waals surface area contributed by atoms with Crippen LogP contribution in [-0.4, -0.2) is 30.0 Å². The van der Waals surface area contributed by atoms with Gasteiger partial charge in [-0.15, -0.1) is 0 Å². The predicted molar refractivity (Wildman–Crippen MR) is 81.2 cm³/mol. The first-order chi connectivity index (χ1) is 10.3. The number of ether oxygens (including phenoxy) is 1. The Morgan fingerprint density at radius 3 is 3.10 bits per heavy atom. The standard InChI is InChI=1S/C18H19NO2/c1-2-11-19-12-10-18-13-6-3-4-8-15(13)21-16(18)9-5-7-14(18)17(19)20/h3-9,16H,2,10-12H2,1H3. The zero-order valence-corrected chi connectivity index (χ0v) is 12.2. The molecule has 0 bridgehead atoms. The summed E-state index contributed by atoms with van der Waals surface area (Å²) in [5.41, 5.74) is 1.81. The third kappa shape index (κ3) is 1.57. The lowest BCUT2D eigenvalue weighted by Gasteiger charge is -2.44. The van der Waals surface area contributed by atoms with Gasteiger partial charge < -0.3 is 9.64 Å². The summed E-state index contributed by atoms with van der Waals surface area (Å²) in [4.78, 5) is 14.8. The van der Waals surface area contributed by atoms with Crippen LogP contribution in [0.3, 0.4) is 0 Å². The molecule has 2 atom stereocenters. The molecule has 2 unspecified atom stereocenters. The minimum Gasteiger partial charge on any atom is -0.485 e. The van der Waals surface area contributed by atoms with Gasteiger partial charge in [-0.05, 0) is 25.0 Å². The highest BCUT2D eigenvalue weighted by Crippen LogP contribution is 2.53. The minimum absolute atomic E-state index is 0.0392. The van der Waals surface area contributed by atoms with Gasteiger partial charge in [-0.25, -0.2) is 0 Å². The Morgan fingerprint density at radius 2 is 2.24 bits per heavy atom. The van der Waals surface area contributed by atoms with Crippen molar-refractivity contribution in [2.24, 2.45) is 0 Å². The average molecular weight is 281 g/mol. The molecule has 2 aliphatic heterocycles. The molecule has 0 N–H and O–H groups in total. The minimum atomic E-state index is -0.271. The first-order valence-corrected chi connectivity index (χ1v) is 7.72. The van der Waals surface area contributed by atoms with Crippen molar-refractivity contribution >= 4 is 5.91 Å². The summed E-state index contributed by atoms with van der Waals surface area (Å²) in [6.45, 7) is 3.76. The molecular formula is C18H19NO2. The van der Waals surface area contributed by atoms with Gasteiger partial charge >= 0.3 is 0 Å². The van der Waals surface area contributed by atoms with Gasteiger partial charge in [-0.1, -0.05) is 37.3 Å². The number of hydrogen-bond acceptors (Lipinski definition) is 2. The van der Waals surface area contributed by atoms with Crippen LogP contribution in [0.25, 0.3) is 0 Å². The molecular weight excluding hydrogens is 262 g/mol. The summed E-state index contributed by atoms with van der Waals surface area (Å²) in [5, 5.41) is 0. The van der Waals surface area contributed by atoms with E-state index in [4.69, 9.17) is 4.74 Å². The maximum absolute atomic E-state index is 12.9. The van der Waals surface area contributed by atoms with Crippen LogP contribution in [-0.2, 0) is 10.2 Å². The number of piperidine rings is 1. The molecule has 108 valence electrons. The SMILES string of the molecule is CCCN1CCC23C(=CC=CC2Oc2ccccc23)C1=O.